The minimum absolute atomic E-state index is 0.0872. The first kappa shape index (κ1) is 19.8. The molecule has 2 amide bonds. The highest BCUT2D eigenvalue weighted by Crippen LogP contribution is 2.21. The lowest BCUT2D eigenvalue weighted by molar-refractivity contribution is -0.384. The van der Waals surface area contributed by atoms with Crippen molar-refractivity contribution in [3.05, 3.63) is 45.4 Å². The highest BCUT2D eigenvalue weighted by Gasteiger charge is 2.22. The minimum atomic E-state index is -1.38. The van der Waals surface area contributed by atoms with Crippen LogP contribution in [-0.2, 0) is 16.1 Å². The zero-order valence-electron chi connectivity index (χ0n) is 14.5. The summed E-state index contributed by atoms with van der Waals surface area (Å²) in [5, 5.41) is 28.6. The van der Waals surface area contributed by atoms with E-state index in [0.717, 1.165) is 6.42 Å². The number of hydrogen-bond acceptors (Lipinski definition) is 6. The Morgan fingerprint density at radius 2 is 2.07 bits per heavy atom. The predicted molar refractivity (Wildman–Crippen MR) is 94.1 cm³/mol. The van der Waals surface area contributed by atoms with Crippen molar-refractivity contribution in [1.82, 2.24) is 9.47 Å². The smallest absolute Gasteiger partial charge is 0.323 e. The minimum Gasteiger partial charge on any atom is -0.480 e. The number of carboxylic acids is 1. The van der Waals surface area contributed by atoms with Gasteiger partial charge in [-0.05, 0) is 18.6 Å². The lowest BCUT2D eigenvalue weighted by Crippen LogP contribution is -2.39. The molecule has 0 aliphatic heterocycles. The summed E-state index contributed by atoms with van der Waals surface area (Å²) in [5.74, 6) is -2.33. The van der Waals surface area contributed by atoms with Crippen molar-refractivity contribution in [1.29, 1.82) is 5.41 Å². The molecule has 1 aromatic heterocycles. The number of hydrogen-bond donors (Lipinski definition) is 2. The number of aliphatic carboxylic acids is 1. The highest BCUT2D eigenvalue weighted by molar-refractivity contribution is 6.03. The van der Waals surface area contributed by atoms with Crippen LogP contribution in [0.15, 0.2) is 24.3 Å². The van der Waals surface area contributed by atoms with Gasteiger partial charge in [-0.3, -0.25) is 34.8 Å². The van der Waals surface area contributed by atoms with Gasteiger partial charge in [0.2, 0.25) is 6.41 Å². The van der Waals surface area contributed by atoms with Crippen molar-refractivity contribution in [3.63, 3.8) is 0 Å². The van der Waals surface area contributed by atoms with Gasteiger partial charge in [-0.1, -0.05) is 13.3 Å². The Balaban J connectivity index is 2.70. The number of fused-ring (bicyclic) bond motifs is 1. The summed E-state index contributed by atoms with van der Waals surface area (Å²) in [4.78, 5) is 45.5. The van der Waals surface area contributed by atoms with E-state index in [1.54, 1.807) is 0 Å². The maximum atomic E-state index is 12.6. The van der Waals surface area contributed by atoms with E-state index in [2.05, 4.69) is 0 Å². The number of non-ortho nitro benzene ring substituents is 1. The standard InChI is InChI=1S/C17H18N4O6/c1-2-3-6-20-14-5-4-12(21(26)27)7-11(14)8-13(16(20)18)17(25)19(10-22)9-15(23)24/h4-5,7-8,10,18H,2-3,6,9H2,1H3,(H,23,24). The molecule has 0 aliphatic carbocycles. The van der Waals surface area contributed by atoms with E-state index >= 15 is 0 Å². The third-order valence-electron chi connectivity index (χ3n) is 4.00. The van der Waals surface area contributed by atoms with Gasteiger partial charge < -0.3 is 9.67 Å². The quantitative estimate of drug-likeness (QED) is 0.407. The molecule has 0 spiro atoms. The van der Waals surface area contributed by atoms with E-state index in [1.807, 2.05) is 6.92 Å². The van der Waals surface area contributed by atoms with Crippen molar-refractivity contribution in [3.8, 4) is 0 Å². The van der Waals surface area contributed by atoms with Crippen molar-refractivity contribution in [2.75, 3.05) is 6.54 Å². The zero-order chi connectivity index (χ0) is 20.1. The van der Waals surface area contributed by atoms with Crippen LogP contribution in [0, 0.1) is 15.5 Å². The molecule has 0 fully saturated rings. The summed E-state index contributed by atoms with van der Waals surface area (Å²) >= 11 is 0. The summed E-state index contributed by atoms with van der Waals surface area (Å²) in [6.45, 7) is 1.50. The second kappa shape index (κ2) is 8.21. The molecule has 0 bridgehead atoms. The third kappa shape index (κ3) is 4.17. The summed E-state index contributed by atoms with van der Waals surface area (Å²) in [6, 6.07) is 5.36. The van der Waals surface area contributed by atoms with Gasteiger partial charge in [0.25, 0.3) is 11.6 Å². The van der Waals surface area contributed by atoms with Crippen LogP contribution >= 0.6 is 0 Å². The van der Waals surface area contributed by atoms with E-state index in [9.17, 15) is 24.5 Å². The number of aromatic nitrogens is 1. The highest BCUT2D eigenvalue weighted by atomic mass is 16.6. The molecular weight excluding hydrogens is 356 g/mol. The largest absolute Gasteiger partial charge is 0.480 e. The molecule has 10 nitrogen and oxygen atoms in total. The number of carbonyl (C=O) groups is 3. The van der Waals surface area contributed by atoms with Crippen LogP contribution in [0.4, 0.5) is 5.69 Å². The Hall–Kier alpha value is -3.56. The molecule has 10 heteroatoms. The summed E-state index contributed by atoms with van der Waals surface area (Å²) in [6.07, 6.45) is 1.61. The first-order chi connectivity index (χ1) is 12.8. The normalized spacial score (nSPS) is 10.6. The Bertz CT molecular complexity index is 981. The second-order valence-corrected chi connectivity index (χ2v) is 5.84. The van der Waals surface area contributed by atoms with E-state index in [-0.39, 0.29) is 23.1 Å². The molecule has 0 saturated heterocycles. The number of unbranched alkanes of at least 4 members (excludes halogenated alkanes) is 1. The van der Waals surface area contributed by atoms with Crippen molar-refractivity contribution in [2.45, 2.75) is 26.3 Å². The Labute approximate surface area is 153 Å². The monoisotopic (exact) mass is 374 g/mol. The van der Waals surface area contributed by atoms with Crippen LogP contribution in [0.25, 0.3) is 10.9 Å². The van der Waals surface area contributed by atoms with Crippen LogP contribution < -0.4 is 5.49 Å². The van der Waals surface area contributed by atoms with Gasteiger partial charge in [0.1, 0.15) is 12.0 Å². The number of aryl methyl sites for hydroxylation is 1. The molecule has 142 valence electrons. The molecule has 2 N–H and O–H groups in total. The van der Waals surface area contributed by atoms with Crippen molar-refractivity contribution >= 4 is 34.9 Å². The number of nitro groups is 1. The number of benzene rings is 1. The van der Waals surface area contributed by atoms with Crippen LogP contribution in [0.5, 0.6) is 0 Å². The Kier molecular flexibility index (Phi) is 6.01. The summed E-state index contributed by atoms with van der Waals surface area (Å²) in [5.41, 5.74) is -0.0376. The van der Waals surface area contributed by atoms with E-state index < -0.39 is 23.3 Å². The zero-order valence-corrected chi connectivity index (χ0v) is 14.5. The molecule has 2 aromatic rings. The molecular formula is C17H18N4O6. The fourth-order valence-electron chi connectivity index (χ4n) is 2.68. The fraction of sp³-hybridized carbons (Fsp3) is 0.294. The predicted octanol–water partition coefficient (Wildman–Crippen LogP) is 1.51. The maximum Gasteiger partial charge on any atom is 0.323 e. The molecule has 1 heterocycles. The van der Waals surface area contributed by atoms with Crippen LogP contribution in [0.3, 0.4) is 0 Å². The average molecular weight is 374 g/mol. The molecule has 1 aromatic carbocycles. The number of amides is 2. The van der Waals surface area contributed by atoms with E-state index in [4.69, 9.17) is 10.5 Å². The number of nitrogens with one attached hydrogen (secondary N) is 1. The first-order valence-corrected chi connectivity index (χ1v) is 8.14. The van der Waals surface area contributed by atoms with Gasteiger partial charge >= 0.3 is 5.97 Å². The fourth-order valence-corrected chi connectivity index (χ4v) is 2.68. The van der Waals surface area contributed by atoms with Gasteiger partial charge in [0.05, 0.1) is 16.0 Å². The third-order valence-corrected chi connectivity index (χ3v) is 4.00. The Morgan fingerprint density at radius 1 is 1.37 bits per heavy atom. The number of nitrogens with zero attached hydrogens (tertiary/aromatic N) is 3. The molecule has 0 aliphatic rings. The van der Waals surface area contributed by atoms with Crippen LogP contribution in [0.2, 0.25) is 0 Å². The molecule has 0 unspecified atom stereocenters. The number of pyridine rings is 1. The number of carboxylic acid groups (broad SMARTS) is 1. The number of imide groups is 1. The van der Waals surface area contributed by atoms with Crippen LogP contribution in [0.1, 0.15) is 30.1 Å². The Morgan fingerprint density at radius 3 is 2.63 bits per heavy atom. The van der Waals surface area contributed by atoms with Gasteiger partial charge in [-0.2, -0.15) is 0 Å². The summed E-state index contributed by atoms with van der Waals surface area (Å²) < 4.78 is 1.53. The molecule has 0 radical (unpaired) electrons. The lowest BCUT2D eigenvalue weighted by atomic mass is 10.1. The van der Waals surface area contributed by atoms with Gasteiger partial charge in [0, 0.05) is 24.1 Å². The molecule has 0 saturated carbocycles. The van der Waals surface area contributed by atoms with Gasteiger partial charge in [0.15, 0.2) is 0 Å². The molecule has 0 atom stereocenters. The van der Waals surface area contributed by atoms with Crippen LogP contribution in [-0.4, -0.2) is 44.3 Å². The van der Waals surface area contributed by atoms with Gasteiger partial charge in [-0.15, -0.1) is 0 Å². The average Bonchev–Trinajstić information content (AvgIpc) is 2.63. The molecule has 2 rings (SSSR count). The summed E-state index contributed by atoms with van der Waals surface area (Å²) in [7, 11) is 0. The lowest BCUT2D eigenvalue weighted by Gasteiger charge is -2.17. The second-order valence-electron chi connectivity index (χ2n) is 5.84. The van der Waals surface area contributed by atoms with Crippen molar-refractivity contribution < 1.29 is 24.4 Å². The first-order valence-electron chi connectivity index (χ1n) is 8.14. The topological polar surface area (TPSA) is 147 Å². The van der Waals surface area contributed by atoms with Crippen molar-refractivity contribution in [2.24, 2.45) is 0 Å². The molecule has 27 heavy (non-hydrogen) atoms. The SMILES string of the molecule is CCCCn1c(=N)c(C(=O)N(C=O)CC(=O)O)cc2cc([N+](=O)[O-])ccc21. The van der Waals surface area contributed by atoms with E-state index in [1.165, 1.54) is 28.8 Å². The van der Waals surface area contributed by atoms with Gasteiger partial charge in [-0.25, -0.2) is 0 Å². The number of carbonyl (C=O) groups excluding carboxylic acids is 2. The number of nitro benzene ring substituents is 1. The maximum absolute atomic E-state index is 12.6. The van der Waals surface area contributed by atoms with E-state index in [0.29, 0.717) is 28.8 Å². The number of rotatable bonds is 8.